The van der Waals surface area contributed by atoms with Crippen molar-refractivity contribution in [3.63, 3.8) is 0 Å². The summed E-state index contributed by atoms with van der Waals surface area (Å²) >= 11 is 1.48. The third-order valence-electron chi connectivity index (χ3n) is 1.42. The van der Waals surface area contributed by atoms with Crippen molar-refractivity contribution in [2.45, 2.75) is 6.04 Å². The second-order valence-corrected chi connectivity index (χ2v) is 3.77. The van der Waals surface area contributed by atoms with Gasteiger partial charge in [-0.25, -0.2) is 0 Å². The lowest BCUT2D eigenvalue weighted by molar-refractivity contribution is -0.137. The zero-order valence-electron chi connectivity index (χ0n) is 8.27. The molecule has 0 aliphatic rings. The molecule has 0 aliphatic carbocycles. The molecule has 5 nitrogen and oxygen atoms in total. The molecule has 0 aromatic heterocycles. The number of thioether (sulfide) groups is 1. The SMILES string of the molecule is COCCOCCSC[C@H](N)C(=O)O. The van der Waals surface area contributed by atoms with Gasteiger partial charge in [0.1, 0.15) is 6.04 Å². The van der Waals surface area contributed by atoms with Crippen molar-refractivity contribution in [3.8, 4) is 0 Å². The predicted octanol–water partition coefficient (Wildman–Crippen LogP) is -0.205. The van der Waals surface area contributed by atoms with Crippen molar-refractivity contribution in [3.05, 3.63) is 0 Å². The average Bonchev–Trinajstić information content (AvgIpc) is 2.16. The Morgan fingerprint density at radius 1 is 1.50 bits per heavy atom. The van der Waals surface area contributed by atoms with Crippen LogP contribution in [0.25, 0.3) is 0 Å². The molecule has 0 amide bonds. The number of carboxylic acids is 1. The van der Waals surface area contributed by atoms with Crippen LogP contribution < -0.4 is 5.73 Å². The van der Waals surface area contributed by atoms with E-state index < -0.39 is 12.0 Å². The zero-order valence-corrected chi connectivity index (χ0v) is 9.09. The maximum absolute atomic E-state index is 10.3. The van der Waals surface area contributed by atoms with Crippen LogP contribution in [-0.2, 0) is 14.3 Å². The lowest BCUT2D eigenvalue weighted by Gasteiger charge is -2.06. The number of hydrogen-bond acceptors (Lipinski definition) is 5. The highest BCUT2D eigenvalue weighted by atomic mass is 32.2. The topological polar surface area (TPSA) is 81.8 Å². The molecule has 0 spiro atoms. The summed E-state index contributed by atoms with van der Waals surface area (Å²) in [7, 11) is 1.62. The van der Waals surface area contributed by atoms with Crippen LogP contribution in [0.5, 0.6) is 0 Å². The van der Waals surface area contributed by atoms with E-state index in [0.717, 1.165) is 5.75 Å². The Hall–Kier alpha value is -0.300. The minimum Gasteiger partial charge on any atom is -0.480 e. The largest absolute Gasteiger partial charge is 0.480 e. The van der Waals surface area contributed by atoms with Crippen LogP contribution in [0.4, 0.5) is 0 Å². The molecule has 0 aliphatic heterocycles. The van der Waals surface area contributed by atoms with Crippen LogP contribution in [0.2, 0.25) is 0 Å². The Morgan fingerprint density at radius 2 is 2.21 bits per heavy atom. The molecule has 0 saturated heterocycles. The molecule has 6 heteroatoms. The van der Waals surface area contributed by atoms with Crippen molar-refractivity contribution in [1.82, 2.24) is 0 Å². The van der Waals surface area contributed by atoms with Gasteiger partial charge in [0.2, 0.25) is 0 Å². The molecule has 84 valence electrons. The van der Waals surface area contributed by atoms with Gasteiger partial charge in [0.15, 0.2) is 0 Å². The Bertz CT molecular complexity index is 156. The van der Waals surface area contributed by atoms with Gasteiger partial charge in [-0.1, -0.05) is 0 Å². The van der Waals surface area contributed by atoms with Gasteiger partial charge in [-0.2, -0.15) is 11.8 Å². The first kappa shape index (κ1) is 13.7. The van der Waals surface area contributed by atoms with E-state index in [4.69, 9.17) is 20.3 Å². The van der Waals surface area contributed by atoms with E-state index in [2.05, 4.69) is 0 Å². The summed E-state index contributed by atoms with van der Waals surface area (Å²) in [4.78, 5) is 10.3. The molecule has 0 bridgehead atoms. The number of nitrogens with two attached hydrogens (primary N) is 1. The molecule has 0 radical (unpaired) electrons. The lowest BCUT2D eigenvalue weighted by Crippen LogP contribution is -2.32. The van der Waals surface area contributed by atoms with Crippen molar-refractivity contribution in [2.75, 3.05) is 38.4 Å². The van der Waals surface area contributed by atoms with E-state index in [1.807, 2.05) is 0 Å². The summed E-state index contributed by atoms with van der Waals surface area (Å²) in [5, 5.41) is 8.47. The highest BCUT2D eigenvalue weighted by Gasteiger charge is 2.10. The van der Waals surface area contributed by atoms with E-state index >= 15 is 0 Å². The number of hydrogen-bond donors (Lipinski definition) is 2. The Kier molecular flexibility index (Phi) is 9.06. The number of carbonyl (C=O) groups is 1. The van der Waals surface area contributed by atoms with Gasteiger partial charge in [0, 0.05) is 18.6 Å². The molecule has 0 unspecified atom stereocenters. The van der Waals surface area contributed by atoms with Crippen molar-refractivity contribution >= 4 is 17.7 Å². The fourth-order valence-electron chi connectivity index (χ4n) is 0.644. The minimum absolute atomic E-state index is 0.420. The first-order chi connectivity index (χ1) is 6.68. The fourth-order valence-corrected chi connectivity index (χ4v) is 1.44. The molecule has 1 atom stereocenters. The number of aliphatic carboxylic acids is 1. The predicted molar refractivity (Wildman–Crippen MR) is 55.6 cm³/mol. The van der Waals surface area contributed by atoms with Gasteiger partial charge in [-0.05, 0) is 0 Å². The van der Waals surface area contributed by atoms with E-state index in [9.17, 15) is 4.79 Å². The third kappa shape index (κ3) is 8.31. The van der Waals surface area contributed by atoms with Crippen LogP contribution in [0.15, 0.2) is 0 Å². The second-order valence-electron chi connectivity index (χ2n) is 2.62. The van der Waals surface area contributed by atoms with E-state index in [1.165, 1.54) is 11.8 Å². The summed E-state index contributed by atoms with van der Waals surface area (Å²) in [6, 6.07) is -0.779. The zero-order chi connectivity index (χ0) is 10.8. The molecule has 0 aromatic rings. The fraction of sp³-hybridized carbons (Fsp3) is 0.875. The average molecular weight is 223 g/mol. The van der Waals surface area contributed by atoms with Crippen LogP contribution in [-0.4, -0.2) is 55.6 Å². The van der Waals surface area contributed by atoms with Crippen LogP contribution in [0.3, 0.4) is 0 Å². The quantitative estimate of drug-likeness (QED) is 0.527. The number of carboxylic acid groups (broad SMARTS) is 1. The summed E-state index contributed by atoms with van der Waals surface area (Å²) in [5.41, 5.74) is 5.30. The summed E-state index contributed by atoms with van der Waals surface area (Å²) in [6.07, 6.45) is 0. The maximum Gasteiger partial charge on any atom is 0.321 e. The Morgan fingerprint density at radius 3 is 2.79 bits per heavy atom. The van der Waals surface area contributed by atoms with E-state index in [-0.39, 0.29) is 0 Å². The molecule has 0 heterocycles. The van der Waals surface area contributed by atoms with Crippen LogP contribution >= 0.6 is 11.8 Å². The monoisotopic (exact) mass is 223 g/mol. The molecule has 0 saturated carbocycles. The molecule has 0 fully saturated rings. The molecular formula is C8H17NO4S. The number of methoxy groups -OCH3 is 1. The lowest BCUT2D eigenvalue weighted by atomic mass is 10.4. The van der Waals surface area contributed by atoms with Crippen LogP contribution in [0, 0.1) is 0 Å². The van der Waals surface area contributed by atoms with Gasteiger partial charge in [0.25, 0.3) is 0 Å². The molecule has 0 aromatic carbocycles. The summed E-state index contributed by atoms with van der Waals surface area (Å²) in [5.74, 6) is 0.214. The standard InChI is InChI=1S/C8H17NO4S/c1-12-2-3-13-4-5-14-6-7(9)8(10)11/h7H,2-6,9H2,1H3,(H,10,11)/t7-/m0/s1. The van der Waals surface area contributed by atoms with E-state index in [0.29, 0.717) is 25.6 Å². The molecule has 14 heavy (non-hydrogen) atoms. The van der Waals surface area contributed by atoms with Gasteiger partial charge in [0.05, 0.1) is 19.8 Å². The maximum atomic E-state index is 10.3. The highest BCUT2D eigenvalue weighted by molar-refractivity contribution is 7.99. The number of rotatable bonds is 9. The first-order valence-corrected chi connectivity index (χ1v) is 5.46. The smallest absolute Gasteiger partial charge is 0.321 e. The minimum atomic E-state index is -0.960. The van der Waals surface area contributed by atoms with Crippen molar-refractivity contribution in [1.29, 1.82) is 0 Å². The molecular weight excluding hydrogens is 206 g/mol. The van der Waals surface area contributed by atoms with E-state index in [1.54, 1.807) is 7.11 Å². The molecule has 0 rings (SSSR count). The van der Waals surface area contributed by atoms with Gasteiger partial charge < -0.3 is 20.3 Å². The Balaban J connectivity index is 3.09. The van der Waals surface area contributed by atoms with Crippen molar-refractivity contribution in [2.24, 2.45) is 5.73 Å². The van der Waals surface area contributed by atoms with Gasteiger partial charge in [-0.3, -0.25) is 4.79 Å². The highest BCUT2D eigenvalue weighted by Crippen LogP contribution is 2.01. The third-order valence-corrected chi connectivity index (χ3v) is 2.47. The van der Waals surface area contributed by atoms with Gasteiger partial charge >= 0.3 is 5.97 Å². The number of ether oxygens (including phenoxy) is 2. The summed E-state index contributed by atoms with van der Waals surface area (Å²) in [6.45, 7) is 1.75. The van der Waals surface area contributed by atoms with Crippen LogP contribution in [0.1, 0.15) is 0 Å². The Labute approximate surface area is 87.9 Å². The first-order valence-electron chi connectivity index (χ1n) is 4.31. The summed E-state index contributed by atoms with van der Waals surface area (Å²) < 4.78 is 9.97. The normalized spacial score (nSPS) is 12.7. The molecule has 3 N–H and O–H groups in total. The van der Waals surface area contributed by atoms with Gasteiger partial charge in [-0.15, -0.1) is 0 Å². The second kappa shape index (κ2) is 9.26. The van der Waals surface area contributed by atoms with Crippen molar-refractivity contribution < 1.29 is 19.4 Å².